The van der Waals surface area contributed by atoms with Gasteiger partial charge in [-0.05, 0) is 154 Å². The van der Waals surface area contributed by atoms with Gasteiger partial charge in [0, 0.05) is 45.1 Å². The highest BCUT2D eigenvalue weighted by Crippen LogP contribution is 2.21. The first kappa shape index (κ1) is 84.4. The standard InChI is InChI=1S/C41H75NO.C37H66O.C4H9NO/c1-3-5-7-9-11-13-15-17-19-21-23-25-27-29-31-33-35-41(42-37-39-43-40-38-42)36-34-32-30-28-26-24-22-20-18-16-14-12-10-8-6-4-2;1-3-5-7-9-11-13-15-17-19-21-23-25-27-29-31-33-35-37(38)36-34-32-30-28-26-24-22-20-18-16-14-12-10-8-6-4-2;1-3-6-4-2-5-1/h11-14,17-20,41H,3-10,15-16,21-40H2,1-2H3;11-14,17-20H,3-10,15-16,21-36H2,1-2H3;5H,1-4H2/b2*13-11-,14-12-,19-17-,20-18-;. The van der Waals surface area contributed by atoms with Crippen LogP contribution in [0.2, 0.25) is 0 Å². The highest BCUT2D eigenvalue weighted by atomic mass is 16.5. The van der Waals surface area contributed by atoms with Gasteiger partial charge in [0.15, 0.2) is 0 Å². The minimum Gasteiger partial charge on any atom is -0.379 e. The van der Waals surface area contributed by atoms with Crippen LogP contribution in [0.5, 0.6) is 0 Å². The Hall–Kier alpha value is -2.57. The molecule has 1 N–H and O–H groups in total. The molecule has 5 heteroatoms. The van der Waals surface area contributed by atoms with Gasteiger partial charge in [-0.15, -0.1) is 0 Å². The van der Waals surface area contributed by atoms with Crippen LogP contribution in [0, 0.1) is 0 Å². The van der Waals surface area contributed by atoms with Crippen LogP contribution in [0.4, 0.5) is 0 Å². The summed E-state index contributed by atoms with van der Waals surface area (Å²) in [4.78, 5) is 14.9. The second-order valence-corrected chi connectivity index (χ2v) is 25.6. The van der Waals surface area contributed by atoms with Gasteiger partial charge in [0.25, 0.3) is 0 Å². The average molecular weight is 1210 g/mol. The number of hydrogen-bond acceptors (Lipinski definition) is 5. The topological polar surface area (TPSA) is 50.8 Å². The number of ether oxygens (including phenoxy) is 2. The van der Waals surface area contributed by atoms with Gasteiger partial charge in [-0.25, -0.2) is 0 Å². The van der Waals surface area contributed by atoms with Crippen LogP contribution in [0.15, 0.2) is 97.2 Å². The minimum atomic E-state index is 0.499. The number of Topliss-reactive ketones (excluding diaryl/α,β-unsaturated/α-hetero) is 1. The zero-order valence-corrected chi connectivity index (χ0v) is 58.9. The number of allylic oxidation sites excluding steroid dienone is 16. The first-order chi connectivity index (χ1) is 43.2. The van der Waals surface area contributed by atoms with Crippen LogP contribution in [0.1, 0.15) is 362 Å². The van der Waals surface area contributed by atoms with E-state index in [4.69, 9.17) is 9.47 Å². The fourth-order valence-electron chi connectivity index (χ4n) is 11.4. The second-order valence-electron chi connectivity index (χ2n) is 25.6. The summed E-state index contributed by atoms with van der Waals surface area (Å²) in [5.74, 6) is 0.499. The van der Waals surface area contributed by atoms with E-state index < -0.39 is 0 Å². The molecule has 0 spiro atoms. The molecule has 0 saturated carbocycles. The van der Waals surface area contributed by atoms with Crippen molar-refractivity contribution in [2.45, 2.75) is 368 Å². The Morgan fingerprint density at radius 1 is 0.310 bits per heavy atom. The van der Waals surface area contributed by atoms with E-state index in [1.165, 1.54) is 283 Å². The number of nitrogens with one attached hydrogen (secondary N) is 1. The Morgan fingerprint density at radius 3 is 0.805 bits per heavy atom. The Bertz CT molecular complexity index is 1450. The molecule has 2 aliphatic rings. The van der Waals surface area contributed by atoms with Crippen LogP contribution in [0.25, 0.3) is 0 Å². The average Bonchev–Trinajstić information content (AvgIpc) is 3.59. The van der Waals surface area contributed by atoms with Gasteiger partial charge < -0.3 is 14.8 Å². The molecule has 0 aromatic rings. The van der Waals surface area contributed by atoms with Gasteiger partial charge in [-0.3, -0.25) is 9.69 Å². The molecule has 2 rings (SSSR count). The number of ketones is 1. The van der Waals surface area contributed by atoms with E-state index in [9.17, 15) is 4.79 Å². The molecule has 2 heterocycles. The molecular formula is C82H150N2O3. The second kappa shape index (κ2) is 77.7. The van der Waals surface area contributed by atoms with E-state index in [1.807, 2.05) is 0 Å². The van der Waals surface area contributed by atoms with Crippen molar-refractivity contribution in [2.75, 3.05) is 52.6 Å². The van der Waals surface area contributed by atoms with Gasteiger partial charge in [0.05, 0.1) is 26.4 Å². The fourth-order valence-corrected chi connectivity index (χ4v) is 11.4. The van der Waals surface area contributed by atoms with Crippen molar-refractivity contribution in [1.82, 2.24) is 10.2 Å². The summed E-state index contributed by atoms with van der Waals surface area (Å²) in [6.45, 7) is 17.1. The fraction of sp³-hybridized carbons (Fsp3) is 0.793. The van der Waals surface area contributed by atoms with Crippen molar-refractivity contribution in [1.29, 1.82) is 0 Å². The Kier molecular flexibility index (Phi) is 75.4. The third kappa shape index (κ3) is 72.4. The molecular weight excluding hydrogens is 1060 g/mol. The lowest BCUT2D eigenvalue weighted by Crippen LogP contribution is -2.43. The quantitative estimate of drug-likeness (QED) is 0.0486. The monoisotopic (exact) mass is 1210 g/mol. The van der Waals surface area contributed by atoms with E-state index in [-0.39, 0.29) is 0 Å². The van der Waals surface area contributed by atoms with E-state index >= 15 is 0 Å². The SMILES string of the molecule is C1COCCN1.CCCCC/C=C\C/C=C\CCCCCCCCC(=O)CCCCCCCC/C=C\C/C=C\CCCCC.CCCCC/C=C\C/C=C\CCCCCCCCC(CCCCCCCC/C=C\C/C=C\CCCCC)N1CCOCC1. The number of hydrogen-bond donors (Lipinski definition) is 1. The van der Waals surface area contributed by atoms with Crippen molar-refractivity contribution in [3.8, 4) is 0 Å². The molecule has 0 aliphatic carbocycles. The molecule has 2 fully saturated rings. The smallest absolute Gasteiger partial charge is 0.132 e. The number of rotatable bonds is 61. The number of carbonyl (C=O) groups excluding carboxylic acids is 1. The lowest BCUT2D eigenvalue weighted by molar-refractivity contribution is -0.119. The van der Waals surface area contributed by atoms with Gasteiger partial charge in [-0.2, -0.15) is 0 Å². The molecule has 0 aromatic heterocycles. The summed E-state index contributed by atoms with van der Waals surface area (Å²) < 4.78 is 10.7. The Balaban J connectivity index is 0.00000155. The van der Waals surface area contributed by atoms with E-state index in [2.05, 4.69) is 135 Å². The number of morpholine rings is 2. The molecule has 0 radical (unpaired) electrons. The molecule has 506 valence electrons. The van der Waals surface area contributed by atoms with Crippen molar-refractivity contribution in [2.24, 2.45) is 0 Å². The molecule has 5 nitrogen and oxygen atoms in total. The summed E-state index contributed by atoms with van der Waals surface area (Å²) in [6.07, 6.45) is 104. The van der Waals surface area contributed by atoms with Gasteiger partial charge >= 0.3 is 0 Å². The third-order valence-electron chi connectivity index (χ3n) is 17.2. The first-order valence-electron chi connectivity index (χ1n) is 38.5. The molecule has 0 aromatic carbocycles. The predicted molar refractivity (Wildman–Crippen MR) is 391 cm³/mol. The molecule has 0 bridgehead atoms. The lowest BCUT2D eigenvalue weighted by atomic mass is 9.98. The highest BCUT2D eigenvalue weighted by molar-refractivity contribution is 5.78. The molecule has 2 saturated heterocycles. The lowest BCUT2D eigenvalue weighted by Gasteiger charge is -2.34. The van der Waals surface area contributed by atoms with Crippen LogP contribution < -0.4 is 5.32 Å². The van der Waals surface area contributed by atoms with E-state index in [0.717, 1.165) is 110 Å². The largest absolute Gasteiger partial charge is 0.379 e. The summed E-state index contributed by atoms with van der Waals surface area (Å²) in [7, 11) is 0. The molecule has 0 atom stereocenters. The van der Waals surface area contributed by atoms with Gasteiger partial charge in [0.2, 0.25) is 0 Å². The predicted octanol–water partition coefficient (Wildman–Crippen LogP) is 25.7. The normalized spacial score (nSPS) is 14.4. The van der Waals surface area contributed by atoms with Crippen LogP contribution >= 0.6 is 0 Å². The van der Waals surface area contributed by atoms with Crippen LogP contribution in [-0.2, 0) is 14.3 Å². The molecule has 87 heavy (non-hydrogen) atoms. The zero-order chi connectivity index (χ0) is 62.6. The number of nitrogens with zero attached hydrogens (tertiary/aromatic N) is 1. The van der Waals surface area contributed by atoms with Crippen molar-refractivity contribution in [3.63, 3.8) is 0 Å². The van der Waals surface area contributed by atoms with Crippen molar-refractivity contribution < 1.29 is 14.3 Å². The van der Waals surface area contributed by atoms with Crippen molar-refractivity contribution in [3.05, 3.63) is 97.2 Å². The third-order valence-corrected chi connectivity index (χ3v) is 17.2. The van der Waals surface area contributed by atoms with Gasteiger partial charge in [0.1, 0.15) is 5.78 Å². The summed E-state index contributed by atoms with van der Waals surface area (Å²) in [6, 6.07) is 0.792. The van der Waals surface area contributed by atoms with Crippen LogP contribution in [-0.4, -0.2) is 69.3 Å². The van der Waals surface area contributed by atoms with E-state index in [1.54, 1.807) is 0 Å². The molecule has 0 amide bonds. The maximum absolute atomic E-state index is 12.1. The highest BCUT2D eigenvalue weighted by Gasteiger charge is 2.20. The van der Waals surface area contributed by atoms with Gasteiger partial charge in [-0.1, -0.05) is 292 Å². The Morgan fingerprint density at radius 2 is 0.552 bits per heavy atom. The maximum atomic E-state index is 12.1. The summed E-state index contributed by atoms with van der Waals surface area (Å²) in [5, 5.41) is 3.16. The molecule has 2 aliphatic heterocycles. The number of carbonyl (C=O) groups is 1. The Labute approximate surface area is 544 Å². The summed E-state index contributed by atoms with van der Waals surface area (Å²) >= 11 is 0. The minimum absolute atomic E-state index is 0.499. The summed E-state index contributed by atoms with van der Waals surface area (Å²) in [5.41, 5.74) is 0. The van der Waals surface area contributed by atoms with Crippen molar-refractivity contribution >= 4 is 5.78 Å². The maximum Gasteiger partial charge on any atom is 0.132 e. The first-order valence-corrected chi connectivity index (χ1v) is 38.5. The number of unbranched alkanes of at least 4 members (excludes halogenated alkanes) is 36. The zero-order valence-electron chi connectivity index (χ0n) is 58.9. The molecule has 0 unspecified atom stereocenters. The van der Waals surface area contributed by atoms with Crippen LogP contribution in [0.3, 0.4) is 0 Å². The van der Waals surface area contributed by atoms with E-state index in [0.29, 0.717) is 5.78 Å².